The number of carbonyl (C=O) groups is 1. The van der Waals surface area contributed by atoms with Crippen LogP contribution in [0.4, 0.5) is 0 Å². The van der Waals surface area contributed by atoms with Crippen LogP contribution in [0.25, 0.3) is 5.57 Å². The lowest BCUT2D eigenvalue weighted by molar-refractivity contribution is 0.0696. The van der Waals surface area contributed by atoms with Gasteiger partial charge in [0.2, 0.25) is 0 Å². The van der Waals surface area contributed by atoms with Crippen molar-refractivity contribution in [3.8, 4) is 5.75 Å². The maximum absolute atomic E-state index is 12.8. The largest absolute Gasteiger partial charge is 0.488 e. The fourth-order valence-electron chi connectivity index (χ4n) is 4.34. The molecular formula is C25H24N2O5S2. The van der Waals surface area contributed by atoms with Crippen molar-refractivity contribution in [3.63, 3.8) is 0 Å². The Balaban J connectivity index is 1.40. The minimum atomic E-state index is -3.44. The second-order valence-electron chi connectivity index (χ2n) is 8.22. The van der Waals surface area contributed by atoms with Gasteiger partial charge in [0.1, 0.15) is 16.6 Å². The summed E-state index contributed by atoms with van der Waals surface area (Å²) in [5, 5.41) is 11.3. The summed E-state index contributed by atoms with van der Waals surface area (Å²) in [4.78, 5) is 13.8. The second kappa shape index (κ2) is 9.34. The first-order chi connectivity index (χ1) is 16.4. The lowest BCUT2D eigenvalue weighted by atomic mass is 9.93. The number of hydrogen-bond acceptors (Lipinski definition) is 6. The van der Waals surface area contributed by atoms with E-state index in [0.717, 1.165) is 22.3 Å². The molecule has 0 bridgehead atoms. The van der Waals surface area contributed by atoms with E-state index in [2.05, 4.69) is 11.0 Å². The Labute approximate surface area is 202 Å². The molecule has 1 aromatic heterocycles. The van der Waals surface area contributed by atoms with Crippen LogP contribution in [-0.4, -0.2) is 61.4 Å². The zero-order chi connectivity index (χ0) is 23.7. The predicted molar refractivity (Wildman–Crippen MR) is 131 cm³/mol. The average molecular weight is 497 g/mol. The van der Waals surface area contributed by atoms with E-state index in [1.54, 1.807) is 40.0 Å². The van der Waals surface area contributed by atoms with E-state index in [-0.39, 0.29) is 5.56 Å². The van der Waals surface area contributed by atoms with Crippen molar-refractivity contribution >= 4 is 32.9 Å². The van der Waals surface area contributed by atoms with Gasteiger partial charge in [0, 0.05) is 38.3 Å². The normalized spacial score (nSPS) is 18.1. The van der Waals surface area contributed by atoms with Crippen molar-refractivity contribution in [1.29, 1.82) is 0 Å². The van der Waals surface area contributed by atoms with Crippen LogP contribution in [0.15, 0.2) is 70.3 Å². The molecule has 0 atom stereocenters. The molecule has 9 heteroatoms. The van der Waals surface area contributed by atoms with Crippen LogP contribution in [0.1, 0.15) is 27.0 Å². The van der Waals surface area contributed by atoms with E-state index >= 15 is 0 Å². The van der Waals surface area contributed by atoms with Gasteiger partial charge >= 0.3 is 5.97 Å². The lowest BCUT2D eigenvalue weighted by Crippen LogP contribution is -2.48. The summed E-state index contributed by atoms with van der Waals surface area (Å²) >= 11 is 1.24. The summed E-state index contributed by atoms with van der Waals surface area (Å²) in [6.07, 6.45) is 2.10. The Morgan fingerprint density at radius 3 is 2.56 bits per heavy atom. The quantitative estimate of drug-likeness (QED) is 0.579. The highest BCUT2D eigenvalue weighted by atomic mass is 32.2. The number of carboxylic acid groups (broad SMARTS) is 1. The topological polar surface area (TPSA) is 87.2 Å². The van der Waals surface area contributed by atoms with Gasteiger partial charge in [0.25, 0.3) is 10.0 Å². The highest BCUT2D eigenvalue weighted by Crippen LogP contribution is 2.37. The van der Waals surface area contributed by atoms with Crippen LogP contribution < -0.4 is 4.74 Å². The highest BCUT2D eigenvalue weighted by molar-refractivity contribution is 7.91. The molecule has 0 aliphatic carbocycles. The number of carboxylic acids is 1. The Morgan fingerprint density at radius 1 is 1.03 bits per heavy atom. The fourth-order valence-corrected chi connectivity index (χ4v) is 6.91. The van der Waals surface area contributed by atoms with E-state index in [9.17, 15) is 18.3 Å². The Kier molecular flexibility index (Phi) is 6.26. The molecule has 34 heavy (non-hydrogen) atoms. The molecular weight excluding hydrogens is 472 g/mol. The van der Waals surface area contributed by atoms with Crippen LogP contribution in [-0.2, 0) is 16.6 Å². The molecule has 176 valence electrons. The third-order valence-electron chi connectivity index (χ3n) is 6.18. The highest BCUT2D eigenvalue weighted by Gasteiger charge is 2.29. The van der Waals surface area contributed by atoms with Gasteiger partial charge in [-0.1, -0.05) is 36.4 Å². The first-order valence-corrected chi connectivity index (χ1v) is 13.3. The molecule has 0 unspecified atom stereocenters. The summed E-state index contributed by atoms with van der Waals surface area (Å²) in [6.45, 7) is 3.13. The molecule has 3 heterocycles. The van der Waals surface area contributed by atoms with E-state index in [4.69, 9.17) is 4.74 Å². The van der Waals surface area contributed by atoms with Crippen LogP contribution in [0.5, 0.6) is 5.75 Å². The first kappa shape index (κ1) is 22.8. The summed E-state index contributed by atoms with van der Waals surface area (Å²) in [7, 11) is -3.44. The first-order valence-electron chi connectivity index (χ1n) is 11.0. The molecule has 1 N–H and O–H groups in total. The molecule has 0 radical (unpaired) electrons. The fraction of sp³-hybridized carbons (Fsp3) is 0.240. The third-order valence-corrected chi connectivity index (χ3v) is 9.45. The molecule has 1 saturated heterocycles. The van der Waals surface area contributed by atoms with Crippen molar-refractivity contribution in [2.45, 2.75) is 10.8 Å². The van der Waals surface area contributed by atoms with Gasteiger partial charge in [-0.15, -0.1) is 11.3 Å². The van der Waals surface area contributed by atoms with Crippen LogP contribution in [0, 0.1) is 0 Å². The third kappa shape index (κ3) is 4.39. The van der Waals surface area contributed by atoms with Crippen molar-refractivity contribution in [1.82, 2.24) is 9.21 Å². The molecule has 0 spiro atoms. The molecule has 5 rings (SSSR count). The van der Waals surface area contributed by atoms with Gasteiger partial charge in [-0.05, 0) is 46.3 Å². The van der Waals surface area contributed by atoms with E-state index in [1.165, 1.54) is 11.3 Å². The molecule has 0 amide bonds. The van der Waals surface area contributed by atoms with E-state index in [1.807, 2.05) is 24.3 Å². The zero-order valence-corrected chi connectivity index (χ0v) is 20.0. The van der Waals surface area contributed by atoms with E-state index < -0.39 is 16.0 Å². The van der Waals surface area contributed by atoms with Crippen molar-refractivity contribution in [3.05, 3.63) is 88.3 Å². The van der Waals surface area contributed by atoms with Gasteiger partial charge in [0.05, 0.1) is 5.56 Å². The maximum Gasteiger partial charge on any atom is 0.335 e. The van der Waals surface area contributed by atoms with Crippen molar-refractivity contribution < 1.29 is 23.1 Å². The number of ether oxygens (including phenoxy) is 1. The standard InChI is InChI=1S/C25H24N2O5S2/c28-25(29)18-7-8-23-22(16-18)21(20-5-2-1-4-19(20)17-32-23)9-10-26-11-13-27(14-12-26)34(30,31)24-6-3-15-33-24/h1-9,15-16H,10-14,17H2,(H,28,29). The molecule has 2 aliphatic heterocycles. The Bertz CT molecular complexity index is 1340. The van der Waals surface area contributed by atoms with Gasteiger partial charge in [-0.25, -0.2) is 13.2 Å². The Hall–Kier alpha value is -2.98. The molecule has 7 nitrogen and oxygen atoms in total. The average Bonchev–Trinajstić information content (AvgIpc) is 3.35. The minimum absolute atomic E-state index is 0.208. The SMILES string of the molecule is O=C(O)c1ccc2c(c1)C(=CCN1CCN(S(=O)(=O)c3cccs3)CC1)c1ccccc1CO2. The molecule has 3 aromatic rings. The number of rotatable bonds is 5. The van der Waals surface area contributed by atoms with Gasteiger partial charge in [-0.3, -0.25) is 4.90 Å². The van der Waals surface area contributed by atoms with Crippen LogP contribution in [0.3, 0.4) is 0 Å². The van der Waals surface area contributed by atoms with Crippen molar-refractivity contribution in [2.75, 3.05) is 32.7 Å². The molecule has 0 saturated carbocycles. The smallest absolute Gasteiger partial charge is 0.335 e. The lowest BCUT2D eigenvalue weighted by Gasteiger charge is -2.33. The summed E-state index contributed by atoms with van der Waals surface area (Å²) in [5.41, 5.74) is 3.94. The number of hydrogen-bond donors (Lipinski definition) is 1. The number of piperazine rings is 1. The summed E-state index contributed by atoms with van der Waals surface area (Å²) in [5.74, 6) is -0.331. The van der Waals surface area contributed by atoms with E-state index in [0.29, 0.717) is 49.3 Å². The number of thiophene rings is 1. The van der Waals surface area contributed by atoms with Gasteiger partial charge in [-0.2, -0.15) is 4.31 Å². The monoisotopic (exact) mass is 496 g/mol. The Morgan fingerprint density at radius 2 is 1.82 bits per heavy atom. The summed E-state index contributed by atoms with van der Waals surface area (Å²) < 4.78 is 33.5. The molecule has 2 aromatic carbocycles. The van der Waals surface area contributed by atoms with Crippen molar-refractivity contribution in [2.24, 2.45) is 0 Å². The number of nitrogens with zero attached hydrogens (tertiary/aromatic N) is 2. The number of benzene rings is 2. The zero-order valence-electron chi connectivity index (χ0n) is 18.4. The summed E-state index contributed by atoms with van der Waals surface area (Å²) in [6, 6.07) is 16.3. The van der Waals surface area contributed by atoms with Crippen LogP contribution in [0.2, 0.25) is 0 Å². The molecule has 1 fully saturated rings. The predicted octanol–water partition coefficient (Wildman–Crippen LogP) is 3.78. The number of sulfonamides is 1. The van der Waals surface area contributed by atoms with Crippen LogP contribution >= 0.6 is 11.3 Å². The maximum atomic E-state index is 12.8. The number of aromatic carboxylic acids is 1. The van der Waals surface area contributed by atoms with Gasteiger partial charge < -0.3 is 9.84 Å². The van der Waals surface area contributed by atoms with Gasteiger partial charge in [0.15, 0.2) is 0 Å². The molecule has 2 aliphatic rings. The minimum Gasteiger partial charge on any atom is -0.488 e. The second-order valence-corrected chi connectivity index (χ2v) is 11.3. The number of fused-ring (bicyclic) bond motifs is 2.